The van der Waals surface area contributed by atoms with Gasteiger partial charge in [0.05, 0.1) is 27.2 Å². The summed E-state index contributed by atoms with van der Waals surface area (Å²) in [4.78, 5) is 4.83. The van der Waals surface area contributed by atoms with Crippen molar-refractivity contribution < 1.29 is 0 Å². The summed E-state index contributed by atoms with van der Waals surface area (Å²) in [6.07, 6.45) is 0. The van der Waals surface area contributed by atoms with Crippen molar-refractivity contribution in [1.29, 1.82) is 0 Å². The normalized spacial score (nSPS) is 11.7. The summed E-state index contributed by atoms with van der Waals surface area (Å²) < 4.78 is 0.999. The van der Waals surface area contributed by atoms with Crippen molar-refractivity contribution in [3.05, 3.63) is 191 Å². The van der Waals surface area contributed by atoms with Gasteiger partial charge in [-0.25, -0.2) is 0 Å². The Kier molecular flexibility index (Phi) is 10.4. The highest BCUT2D eigenvalue weighted by atomic mass is 79.9. The van der Waals surface area contributed by atoms with Crippen molar-refractivity contribution in [1.82, 2.24) is 0 Å². The van der Waals surface area contributed by atoms with Gasteiger partial charge in [-0.1, -0.05) is 163 Å². The van der Waals surface area contributed by atoms with Crippen molar-refractivity contribution >= 4 is 50.1 Å². The summed E-state index contributed by atoms with van der Waals surface area (Å²) in [6, 6.07) is 61.6. The van der Waals surface area contributed by atoms with E-state index in [0.717, 1.165) is 55.3 Å². The first-order chi connectivity index (χ1) is 25.9. The van der Waals surface area contributed by atoms with Gasteiger partial charge in [-0.05, 0) is 110 Å². The lowest BCUT2D eigenvalue weighted by Gasteiger charge is -2.34. The molecule has 0 N–H and O–H groups in total. The predicted octanol–water partition coefficient (Wildman–Crippen LogP) is 15.6. The zero-order valence-corrected chi connectivity index (χ0v) is 34.0. The van der Waals surface area contributed by atoms with Crippen molar-refractivity contribution in [3.8, 4) is 22.3 Å². The number of benzene rings is 7. The van der Waals surface area contributed by atoms with Gasteiger partial charge < -0.3 is 9.80 Å². The molecular formula is C51H49BrN2. The molecule has 0 spiro atoms. The minimum Gasteiger partial charge on any atom is -0.309 e. The van der Waals surface area contributed by atoms with Crippen LogP contribution in [0.2, 0.25) is 0 Å². The fourth-order valence-corrected chi connectivity index (χ4v) is 7.74. The van der Waals surface area contributed by atoms with E-state index < -0.39 is 0 Å². The molecule has 0 saturated carbocycles. The highest BCUT2D eigenvalue weighted by Crippen LogP contribution is 2.50. The molecule has 3 heteroatoms. The molecular weight excluding hydrogens is 720 g/mol. The van der Waals surface area contributed by atoms with Crippen molar-refractivity contribution in [2.45, 2.75) is 59.3 Å². The van der Waals surface area contributed by atoms with E-state index in [4.69, 9.17) is 0 Å². The number of anilines is 6. The third-order valence-electron chi connectivity index (χ3n) is 10.1. The fraction of sp³-hybridized carbons (Fsp3) is 0.176. The molecule has 7 rings (SSSR count). The second-order valence-corrected chi connectivity index (χ2v) is 16.9. The molecule has 0 aliphatic rings. The van der Waals surface area contributed by atoms with E-state index >= 15 is 0 Å². The zero-order valence-electron chi connectivity index (χ0n) is 32.4. The lowest BCUT2D eigenvalue weighted by atomic mass is 9.87. The smallest absolute Gasteiger partial charge is 0.0657 e. The Balaban J connectivity index is 1.50. The molecule has 0 heterocycles. The highest BCUT2D eigenvalue weighted by Gasteiger charge is 2.26. The van der Waals surface area contributed by atoms with E-state index in [2.05, 4.69) is 244 Å². The number of aryl methyl sites for hydroxylation is 1. The van der Waals surface area contributed by atoms with Gasteiger partial charge in [0, 0.05) is 22.5 Å². The van der Waals surface area contributed by atoms with Crippen LogP contribution in [0.25, 0.3) is 22.3 Å². The summed E-state index contributed by atoms with van der Waals surface area (Å²) in [6.45, 7) is 15.8. The lowest BCUT2D eigenvalue weighted by molar-refractivity contribution is 0.590. The fourth-order valence-electron chi connectivity index (χ4n) is 7.15. The van der Waals surface area contributed by atoms with Crippen LogP contribution in [-0.2, 0) is 10.8 Å². The van der Waals surface area contributed by atoms with Crippen LogP contribution in [0.5, 0.6) is 0 Å². The second-order valence-electron chi connectivity index (χ2n) is 16.1. The topological polar surface area (TPSA) is 6.48 Å². The number of hydrogen-bond donors (Lipinski definition) is 0. The summed E-state index contributed by atoms with van der Waals surface area (Å²) in [7, 11) is 0. The van der Waals surface area contributed by atoms with E-state index in [1.54, 1.807) is 0 Å². The first-order valence-electron chi connectivity index (χ1n) is 18.8. The zero-order chi connectivity index (χ0) is 38.0. The summed E-state index contributed by atoms with van der Waals surface area (Å²) in [5.74, 6) is 0. The Labute approximate surface area is 330 Å². The molecule has 2 nitrogen and oxygen atoms in total. The predicted molar refractivity (Wildman–Crippen MR) is 237 cm³/mol. The van der Waals surface area contributed by atoms with Gasteiger partial charge in [-0.15, -0.1) is 0 Å². The molecule has 0 aliphatic heterocycles. The van der Waals surface area contributed by atoms with E-state index in [9.17, 15) is 0 Å². The van der Waals surface area contributed by atoms with Crippen molar-refractivity contribution in [2.75, 3.05) is 9.80 Å². The Bertz CT molecular complexity index is 2180. The van der Waals surface area contributed by atoms with Gasteiger partial charge in [0.25, 0.3) is 0 Å². The van der Waals surface area contributed by atoms with Crippen LogP contribution < -0.4 is 9.80 Å². The van der Waals surface area contributed by atoms with Crippen LogP contribution in [-0.4, -0.2) is 0 Å². The van der Waals surface area contributed by atoms with Crippen LogP contribution in [0, 0.1) is 6.92 Å². The Morgan fingerprint density at radius 1 is 0.389 bits per heavy atom. The Morgan fingerprint density at radius 3 is 1.07 bits per heavy atom. The summed E-state index contributed by atoms with van der Waals surface area (Å²) in [5.41, 5.74) is 15.0. The van der Waals surface area contributed by atoms with Crippen LogP contribution in [0.4, 0.5) is 34.1 Å². The van der Waals surface area contributed by atoms with Gasteiger partial charge in [0.15, 0.2) is 0 Å². The maximum atomic E-state index is 4.28. The molecule has 0 amide bonds. The van der Waals surface area contributed by atoms with Gasteiger partial charge in [-0.2, -0.15) is 0 Å². The molecule has 0 radical (unpaired) electrons. The van der Waals surface area contributed by atoms with Crippen LogP contribution >= 0.6 is 15.9 Å². The SMILES string of the molecule is Cc1cc(N(c2ccc(C(C)(C)C)cc2)c2ccccc2-c2ccccc2)c(Br)c(N(c2ccc(C(C)(C)C)cc2)c2ccccc2-c2ccccc2)c1. The molecule has 7 aromatic carbocycles. The molecule has 0 atom stereocenters. The van der Waals surface area contributed by atoms with E-state index in [1.807, 2.05) is 0 Å². The molecule has 0 aromatic heterocycles. The van der Waals surface area contributed by atoms with E-state index in [1.165, 1.54) is 22.3 Å². The largest absolute Gasteiger partial charge is 0.309 e. The first kappa shape index (κ1) is 37.0. The molecule has 0 fully saturated rings. The van der Waals surface area contributed by atoms with Crippen LogP contribution in [0.3, 0.4) is 0 Å². The second kappa shape index (κ2) is 15.2. The molecule has 7 aromatic rings. The maximum Gasteiger partial charge on any atom is 0.0657 e. The summed E-state index contributed by atoms with van der Waals surface area (Å²) in [5, 5.41) is 0. The van der Waals surface area contributed by atoms with Crippen molar-refractivity contribution in [3.63, 3.8) is 0 Å². The average Bonchev–Trinajstić information content (AvgIpc) is 3.17. The first-order valence-corrected chi connectivity index (χ1v) is 19.6. The maximum absolute atomic E-state index is 4.28. The highest BCUT2D eigenvalue weighted by molar-refractivity contribution is 9.10. The van der Waals surface area contributed by atoms with E-state index in [-0.39, 0.29) is 10.8 Å². The van der Waals surface area contributed by atoms with Gasteiger partial charge in [0.2, 0.25) is 0 Å². The third kappa shape index (κ3) is 7.65. The van der Waals surface area contributed by atoms with Gasteiger partial charge in [0.1, 0.15) is 0 Å². The molecule has 54 heavy (non-hydrogen) atoms. The number of halogens is 1. The average molecular weight is 770 g/mol. The van der Waals surface area contributed by atoms with Gasteiger partial charge in [-0.3, -0.25) is 0 Å². The Morgan fingerprint density at radius 2 is 0.722 bits per heavy atom. The Hall–Kier alpha value is -5.38. The number of rotatable bonds is 8. The lowest BCUT2D eigenvalue weighted by Crippen LogP contribution is -2.17. The third-order valence-corrected chi connectivity index (χ3v) is 10.9. The quantitative estimate of drug-likeness (QED) is 0.152. The van der Waals surface area contributed by atoms with Crippen molar-refractivity contribution in [2.24, 2.45) is 0 Å². The molecule has 270 valence electrons. The molecule has 0 bridgehead atoms. The monoisotopic (exact) mass is 768 g/mol. The number of hydrogen-bond acceptors (Lipinski definition) is 2. The summed E-state index contributed by atoms with van der Waals surface area (Å²) >= 11 is 4.28. The number of nitrogens with zero attached hydrogens (tertiary/aromatic N) is 2. The van der Waals surface area contributed by atoms with E-state index in [0.29, 0.717) is 0 Å². The number of para-hydroxylation sites is 2. The molecule has 0 saturated heterocycles. The molecule has 0 unspecified atom stereocenters. The van der Waals surface area contributed by atoms with Crippen LogP contribution in [0.1, 0.15) is 58.2 Å². The minimum absolute atomic E-state index is 0.0393. The standard InChI is InChI=1S/C51H49BrN2/c1-36-34-47(53(41-30-26-39(27-31-41)50(2,3)4)45-24-16-14-22-43(45)37-18-10-8-11-19-37)49(52)48(35-36)54(42-32-28-40(29-33-42)51(5,6)7)46-25-17-15-23-44(46)38-20-12-9-13-21-38/h8-35H,1-7H3. The van der Waals surface area contributed by atoms with Gasteiger partial charge >= 0.3 is 0 Å². The molecule has 0 aliphatic carbocycles. The minimum atomic E-state index is 0.0393. The van der Waals surface area contributed by atoms with Crippen LogP contribution in [0.15, 0.2) is 174 Å².